The van der Waals surface area contributed by atoms with Crippen molar-refractivity contribution < 1.29 is 26.7 Å². The Labute approximate surface area is 204 Å². The summed E-state index contributed by atoms with van der Waals surface area (Å²) in [5.41, 5.74) is 1.23. The SMILES string of the molecule is C[C@@H](NS(=O)(=O)C1CC(O)C1)c1cn(CC(C)(C)C)c2cc(-c3ccccc3C(F)(F)F)ccc12. The highest BCUT2D eigenvalue weighted by atomic mass is 32.2. The lowest BCUT2D eigenvalue weighted by atomic mass is 9.96. The number of halogens is 3. The van der Waals surface area contributed by atoms with E-state index >= 15 is 0 Å². The van der Waals surface area contributed by atoms with Crippen LogP contribution in [0.4, 0.5) is 13.2 Å². The molecule has 1 heterocycles. The molecule has 1 aliphatic rings. The van der Waals surface area contributed by atoms with Crippen molar-refractivity contribution in [1.29, 1.82) is 0 Å². The number of aromatic nitrogens is 1. The largest absolute Gasteiger partial charge is 0.417 e. The van der Waals surface area contributed by atoms with E-state index < -0.39 is 39.2 Å². The lowest BCUT2D eigenvalue weighted by molar-refractivity contribution is -0.137. The Kier molecular flexibility index (Phi) is 6.57. The summed E-state index contributed by atoms with van der Waals surface area (Å²) in [6.07, 6.45) is -2.74. The van der Waals surface area contributed by atoms with Gasteiger partial charge in [-0.15, -0.1) is 0 Å². The van der Waals surface area contributed by atoms with Crippen LogP contribution in [0.3, 0.4) is 0 Å². The van der Waals surface area contributed by atoms with E-state index in [2.05, 4.69) is 25.5 Å². The van der Waals surface area contributed by atoms with Crippen molar-refractivity contribution >= 4 is 20.9 Å². The average Bonchev–Trinajstić information content (AvgIpc) is 3.07. The fraction of sp³-hybridized carbons (Fsp3) is 0.462. The van der Waals surface area contributed by atoms with Gasteiger partial charge >= 0.3 is 6.18 Å². The fourth-order valence-electron chi connectivity index (χ4n) is 4.65. The van der Waals surface area contributed by atoms with Crippen LogP contribution in [0, 0.1) is 5.41 Å². The molecule has 1 aromatic heterocycles. The van der Waals surface area contributed by atoms with Crippen molar-refractivity contribution in [2.45, 2.75) is 70.7 Å². The summed E-state index contributed by atoms with van der Waals surface area (Å²) in [7, 11) is -3.62. The van der Waals surface area contributed by atoms with E-state index in [1.807, 2.05) is 10.8 Å². The molecule has 9 heteroatoms. The molecule has 5 nitrogen and oxygen atoms in total. The van der Waals surface area contributed by atoms with Gasteiger partial charge in [-0.1, -0.05) is 51.1 Å². The van der Waals surface area contributed by atoms with Crippen LogP contribution in [0.15, 0.2) is 48.7 Å². The summed E-state index contributed by atoms with van der Waals surface area (Å²) in [6, 6.07) is 10.1. The lowest BCUT2D eigenvalue weighted by Crippen LogP contribution is -2.45. The number of sulfonamides is 1. The van der Waals surface area contributed by atoms with Gasteiger partial charge in [0.05, 0.1) is 16.9 Å². The van der Waals surface area contributed by atoms with Gasteiger partial charge in [0.25, 0.3) is 0 Å². The molecule has 2 aromatic carbocycles. The number of aliphatic hydroxyl groups excluding tert-OH is 1. The molecule has 1 fully saturated rings. The molecule has 0 amide bonds. The van der Waals surface area contributed by atoms with Crippen molar-refractivity contribution in [3.05, 3.63) is 59.8 Å². The van der Waals surface area contributed by atoms with Gasteiger partial charge < -0.3 is 9.67 Å². The number of fused-ring (bicyclic) bond motifs is 1. The molecule has 1 aliphatic carbocycles. The average molecular weight is 509 g/mol. The highest BCUT2D eigenvalue weighted by Gasteiger charge is 2.39. The Hall–Kier alpha value is -2.36. The van der Waals surface area contributed by atoms with Gasteiger partial charge in [0.2, 0.25) is 10.0 Å². The van der Waals surface area contributed by atoms with Gasteiger partial charge in [-0.2, -0.15) is 13.2 Å². The van der Waals surface area contributed by atoms with Crippen LogP contribution in [0.2, 0.25) is 0 Å². The van der Waals surface area contributed by atoms with Crippen molar-refractivity contribution in [3.8, 4) is 11.1 Å². The Balaban J connectivity index is 1.78. The number of rotatable bonds is 6. The molecule has 3 aromatic rings. The first-order valence-electron chi connectivity index (χ1n) is 11.6. The minimum atomic E-state index is -4.48. The third-order valence-electron chi connectivity index (χ3n) is 6.42. The highest BCUT2D eigenvalue weighted by molar-refractivity contribution is 7.90. The van der Waals surface area contributed by atoms with Crippen molar-refractivity contribution in [3.63, 3.8) is 0 Å². The van der Waals surface area contributed by atoms with Gasteiger partial charge in [0, 0.05) is 29.7 Å². The lowest BCUT2D eigenvalue weighted by Gasteiger charge is -2.31. The molecule has 1 saturated carbocycles. The smallest absolute Gasteiger partial charge is 0.393 e. The zero-order valence-electron chi connectivity index (χ0n) is 20.2. The van der Waals surface area contributed by atoms with E-state index in [-0.39, 0.29) is 23.8 Å². The fourth-order valence-corrected chi connectivity index (χ4v) is 6.42. The van der Waals surface area contributed by atoms with Crippen LogP contribution in [-0.4, -0.2) is 29.4 Å². The minimum Gasteiger partial charge on any atom is -0.393 e. The maximum absolute atomic E-state index is 13.7. The molecule has 0 radical (unpaired) electrons. The van der Waals surface area contributed by atoms with E-state index in [0.29, 0.717) is 12.1 Å². The second kappa shape index (κ2) is 8.94. The van der Waals surface area contributed by atoms with Crippen LogP contribution in [0.1, 0.15) is 57.7 Å². The number of benzene rings is 2. The van der Waals surface area contributed by atoms with E-state index in [1.165, 1.54) is 12.1 Å². The van der Waals surface area contributed by atoms with Gasteiger partial charge in [0.1, 0.15) is 0 Å². The molecule has 190 valence electrons. The Morgan fingerprint density at radius 3 is 2.37 bits per heavy atom. The first-order valence-corrected chi connectivity index (χ1v) is 13.2. The van der Waals surface area contributed by atoms with E-state index in [1.54, 1.807) is 31.2 Å². The van der Waals surface area contributed by atoms with Gasteiger partial charge in [-0.05, 0) is 54.0 Å². The number of nitrogens with one attached hydrogen (secondary N) is 1. The third-order valence-corrected chi connectivity index (χ3v) is 8.36. The van der Waals surface area contributed by atoms with Crippen molar-refractivity contribution in [2.75, 3.05) is 0 Å². The summed E-state index contributed by atoms with van der Waals surface area (Å²) in [4.78, 5) is 0. The van der Waals surface area contributed by atoms with Crippen LogP contribution in [-0.2, 0) is 22.7 Å². The van der Waals surface area contributed by atoms with Crippen LogP contribution in [0.5, 0.6) is 0 Å². The number of alkyl halides is 3. The third kappa shape index (κ3) is 5.42. The van der Waals surface area contributed by atoms with Crippen molar-refractivity contribution in [1.82, 2.24) is 9.29 Å². The zero-order valence-corrected chi connectivity index (χ0v) is 21.0. The minimum absolute atomic E-state index is 0.101. The molecular formula is C26H31F3N2O3S. The van der Waals surface area contributed by atoms with Gasteiger partial charge in [0.15, 0.2) is 0 Å². The monoisotopic (exact) mass is 508 g/mol. The molecule has 0 saturated heterocycles. The van der Waals surface area contributed by atoms with E-state index in [9.17, 15) is 26.7 Å². The first-order chi connectivity index (χ1) is 16.2. The standard InChI is InChI=1S/C26H31F3N2O3S/c1-16(30-35(33,34)19-12-18(32)13-19)22-14-31(15-25(2,3)4)24-11-17(9-10-21(22)24)20-7-5-6-8-23(20)26(27,28)29/h5-11,14,16,18-19,30,32H,12-13,15H2,1-4H3/t16-,18?,19?/m1/s1. The Morgan fingerprint density at radius 2 is 1.77 bits per heavy atom. The number of hydrogen-bond acceptors (Lipinski definition) is 3. The van der Waals surface area contributed by atoms with Gasteiger partial charge in [-0.3, -0.25) is 0 Å². The normalized spacial score (nSPS) is 20.1. The molecule has 2 N–H and O–H groups in total. The number of hydrogen-bond donors (Lipinski definition) is 2. The molecule has 0 spiro atoms. The number of nitrogens with zero attached hydrogens (tertiary/aromatic N) is 1. The Morgan fingerprint density at radius 1 is 1.11 bits per heavy atom. The second-order valence-electron chi connectivity index (χ2n) is 10.7. The second-order valence-corrected chi connectivity index (χ2v) is 12.7. The topological polar surface area (TPSA) is 71.3 Å². The maximum Gasteiger partial charge on any atom is 0.417 e. The summed E-state index contributed by atoms with van der Waals surface area (Å²) < 4.78 is 71.2. The Bertz CT molecular complexity index is 1330. The summed E-state index contributed by atoms with van der Waals surface area (Å²) in [6.45, 7) is 8.55. The highest BCUT2D eigenvalue weighted by Crippen LogP contribution is 2.39. The van der Waals surface area contributed by atoms with Gasteiger partial charge in [-0.25, -0.2) is 13.1 Å². The molecule has 0 aliphatic heterocycles. The van der Waals surface area contributed by atoms with E-state index in [0.717, 1.165) is 22.5 Å². The molecular weight excluding hydrogens is 477 g/mol. The summed E-state index contributed by atoms with van der Waals surface area (Å²) >= 11 is 0. The molecule has 0 bridgehead atoms. The molecule has 35 heavy (non-hydrogen) atoms. The quantitative estimate of drug-likeness (QED) is 0.437. The maximum atomic E-state index is 13.7. The molecule has 0 unspecified atom stereocenters. The zero-order chi connectivity index (χ0) is 25.8. The first kappa shape index (κ1) is 25.7. The summed E-state index contributed by atoms with van der Waals surface area (Å²) in [5.74, 6) is 0. The van der Waals surface area contributed by atoms with Crippen LogP contribution in [0.25, 0.3) is 22.0 Å². The van der Waals surface area contributed by atoms with Crippen LogP contribution < -0.4 is 4.72 Å². The predicted octanol–water partition coefficient (Wildman–Crippen LogP) is 5.88. The van der Waals surface area contributed by atoms with E-state index in [4.69, 9.17) is 0 Å². The summed E-state index contributed by atoms with van der Waals surface area (Å²) in [5, 5.41) is 9.68. The molecule has 4 rings (SSSR count). The number of aliphatic hydroxyl groups is 1. The van der Waals surface area contributed by atoms with Crippen molar-refractivity contribution in [2.24, 2.45) is 5.41 Å². The predicted molar refractivity (Wildman–Crippen MR) is 131 cm³/mol. The van der Waals surface area contributed by atoms with Crippen LogP contribution >= 0.6 is 0 Å². The molecule has 1 atom stereocenters.